The van der Waals surface area contributed by atoms with E-state index in [0.717, 1.165) is 16.2 Å². The number of hydrogen-bond acceptors (Lipinski definition) is 3. The highest BCUT2D eigenvalue weighted by Gasteiger charge is 2.44. The van der Waals surface area contributed by atoms with Gasteiger partial charge in [-0.2, -0.15) is 0 Å². The summed E-state index contributed by atoms with van der Waals surface area (Å²) in [6, 6.07) is 19.7. The van der Waals surface area contributed by atoms with Crippen LogP contribution in [0.1, 0.15) is 23.1 Å². The average Bonchev–Trinajstić information content (AvgIpc) is 2.91. The molecule has 0 amide bonds. The molecular weight excluding hydrogens is 284 g/mol. The highest BCUT2D eigenvalue weighted by atomic mass is 16.5. The van der Waals surface area contributed by atoms with E-state index in [2.05, 4.69) is 12.1 Å². The Hall–Kier alpha value is -2.65. The fraction of sp³-hybridized carbons (Fsp3) is 0.150. The molecule has 0 spiro atoms. The normalized spacial score (nSPS) is 26.1. The first kappa shape index (κ1) is 14.0. The van der Waals surface area contributed by atoms with Gasteiger partial charge in [-0.05, 0) is 23.3 Å². The summed E-state index contributed by atoms with van der Waals surface area (Å²) >= 11 is 0. The Balaban J connectivity index is 1.88. The van der Waals surface area contributed by atoms with Crippen LogP contribution in [0.3, 0.4) is 0 Å². The van der Waals surface area contributed by atoms with Crippen molar-refractivity contribution in [1.82, 2.24) is 5.06 Å². The van der Waals surface area contributed by atoms with E-state index < -0.39 is 0 Å². The smallest absolute Gasteiger partial charge is 0.0509 e. The first-order valence-corrected chi connectivity index (χ1v) is 7.80. The van der Waals surface area contributed by atoms with Crippen molar-refractivity contribution in [3.63, 3.8) is 0 Å². The van der Waals surface area contributed by atoms with Crippen LogP contribution < -0.4 is 0 Å². The van der Waals surface area contributed by atoms with Gasteiger partial charge in [0.05, 0.1) is 6.04 Å². The molecule has 2 aliphatic rings. The van der Waals surface area contributed by atoms with Crippen LogP contribution in [0, 0.1) is 16.5 Å². The lowest BCUT2D eigenvalue weighted by molar-refractivity contribution is 0.376. The SMILES string of the molecule is N=C1C=CC=C2C1C(c1ccccc1)C(c1ccccc1)N2[O-]. The fourth-order valence-electron chi connectivity index (χ4n) is 3.74. The van der Waals surface area contributed by atoms with Crippen LogP contribution in [0.4, 0.5) is 0 Å². The lowest BCUT2D eigenvalue weighted by Crippen LogP contribution is -2.20. The van der Waals surface area contributed by atoms with Crippen LogP contribution in [-0.4, -0.2) is 10.8 Å². The van der Waals surface area contributed by atoms with Crippen LogP contribution in [-0.2, 0) is 0 Å². The molecular formula is C20H17N2O-. The molecule has 3 atom stereocenters. The molecule has 1 heterocycles. The van der Waals surface area contributed by atoms with Crippen molar-refractivity contribution < 1.29 is 0 Å². The second kappa shape index (κ2) is 5.52. The lowest BCUT2D eigenvalue weighted by atomic mass is 9.77. The highest BCUT2D eigenvalue weighted by Crippen LogP contribution is 2.53. The number of benzene rings is 2. The fourth-order valence-corrected chi connectivity index (χ4v) is 3.74. The molecule has 23 heavy (non-hydrogen) atoms. The second-order valence-electron chi connectivity index (χ2n) is 6.00. The van der Waals surface area contributed by atoms with Gasteiger partial charge < -0.3 is 15.7 Å². The maximum absolute atomic E-state index is 13.0. The summed E-state index contributed by atoms with van der Waals surface area (Å²) in [5.74, 6) is -0.218. The van der Waals surface area contributed by atoms with Crippen LogP contribution in [0.25, 0.3) is 0 Å². The third-order valence-corrected chi connectivity index (χ3v) is 4.73. The van der Waals surface area contributed by atoms with Crippen molar-refractivity contribution in [2.24, 2.45) is 5.92 Å². The van der Waals surface area contributed by atoms with E-state index >= 15 is 0 Å². The number of allylic oxidation sites excluding steroid dienone is 4. The number of rotatable bonds is 2. The van der Waals surface area contributed by atoms with Crippen molar-refractivity contribution in [2.45, 2.75) is 12.0 Å². The van der Waals surface area contributed by atoms with E-state index in [-0.39, 0.29) is 17.9 Å². The van der Waals surface area contributed by atoms with Gasteiger partial charge in [-0.15, -0.1) is 0 Å². The second-order valence-corrected chi connectivity index (χ2v) is 6.00. The zero-order valence-corrected chi connectivity index (χ0v) is 12.6. The van der Waals surface area contributed by atoms with Crippen LogP contribution in [0.2, 0.25) is 0 Å². The number of nitrogens with one attached hydrogen (secondary N) is 1. The topological polar surface area (TPSA) is 50.2 Å². The van der Waals surface area contributed by atoms with E-state index in [0.29, 0.717) is 11.4 Å². The summed E-state index contributed by atoms with van der Waals surface area (Å²) in [6.45, 7) is 0. The predicted octanol–water partition coefficient (Wildman–Crippen LogP) is 4.41. The van der Waals surface area contributed by atoms with Gasteiger partial charge in [-0.1, -0.05) is 66.7 Å². The van der Waals surface area contributed by atoms with E-state index in [1.165, 1.54) is 0 Å². The van der Waals surface area contributed by atoms with Crippen molar-refractivity contribution in [3.8, 4) is 0 Å². The third-order valence-electron chi connectivity index (χ3n) is 4.73. The molecule has 1 aliphatic heterocycles. The first-order valence-electron chi connectivity index (χ1n) is 7.80. The molecule has 3 nitrogen and oxygen atoms in total. The molecule has 2 aromatic carbocycles. The van der Waals surface area contributed by atoms with Crippen molar-refractivity contribution in [1.29, 1.82) is 5.41 Å². The zero-order valence-electron chi connectivity index (χ0n) is 12.6. The molecule has 1 aliphatic carbocycles. The van der Waals surface area contributed by atoms with E-state index in [1.54, 1.807) is 12.2 Å². The van der Waals surface area contributed by atoms with Gasteiger partial charge in [-0.3, -0.25) is 0 Å². The van der Waals surface area contributed by atoms with Crippen LogP contribution in [0.15, 0.2) is 84.6 Å². The maximum Gasteiger partial charge on any atom is 0.0509 e. The molecule has 0 saturated carbocycles. The molecule has 3 heteroatoms. The minimum absolute atomic E-state index is 0.0419. The average molecular weight is 301 g/mol. The Morgan fingerprint density at radius 1 is 0.870 bits per heavy atom. The maximum atomic E-state index is 13.0. The van der Waals surface area contributed by atoms with E-state index in [9.17, 15) is 5.21 Å². The summed E-state index contributed by atoms with van der Waals surface area (Å²) in [7, 11) is 0. The number of nitrogens with zero attached hydrogens (tertiary/aromatic N) is 1. The van der Waals surface area contributed by atoms with Gasteiger partial charge in [0.1, 0.15) is 0 Å². The standard InChI is InChI=1S/C20H17N2O/c21-16-12-7-13-17-19(16)18(14-8-3-1-4-9-14)20(22(17)23)15-10-5-2-6-11-15/h1-13,18-21H/q-1. The molecule has 0 radical (unpaired) electrons. The summed E-state index contributed by atoms with van der Waals surface area (Å²) < 4.78 is 0. The quantitative estimate of drug-likeness (QED) is 0.893. The van der Waals surface area contributed by atoms with Gasteiger partial charge in [0.2, 0.25) is 0 Å². The largest absolute Gasteiger partial charge is 0.758 e. The molecule has 1 N–H and O–H groups in total. The third kappa shape index (κ3) is 2.21. The Morgan fingerprint density at radius 2 is 1.48 bits per heavy atom. The summed E-state index contributed by atoms with van der Waals surface area (Å²) in [4.78, 5) is 0. The molecule has 0 aromatic heterocycles. The molecule has 1 saturated heterocycles. The number of hydroxylamine groups is 2. The van der Waals surface area contributed by atoms with Gasteiger partial charge in [0, 0.05) is 23.2 Å². The molecule has 2 aromatic rings. The summed E-state index contributed by atoms with van der Waals surface area (Å²) in [5.41, 5.74) is 3.31. The predicted molar refractivity (Wildman–Crippen MR) is 92.0 cm³/mol. The lowest BCUT2D eigenvalue weighted by Gasteiger charge is -2.36. The monoisotopic (exact) mass is 301 g/mol. The van der Waals surface area contributed by atoms with Crippen molar-refractivity contribution in [3.05, 3.63) is 101 Å². The van der Waals surface area contributed by atoms with Crippen molar-refractivity contribution in [2.75, 3.05) is 0 Å². The number of fused-ring (bicyclic) bond motifs is 1. The Labute approximate surface area is 135 Å². The molecule has 3 unspecified atom stereocenters. The summed E-state index contributed by atoms with van der Waals surface area (Å²) in [5, 5.41) is 22.4. The molecule has 4 rings (SSSR count). The molecule has 114 valence electrons. The van der Waals surface area contributed by atoms with Crippen molar-refractivity contribution >= 4 is 5.71 Å². The zero-order chi connectivity index (χ0) is 15.8. The number of hydrogen-bond donors (Lipinski definition) is 1. The Morgan fingerprint density at radius 3 is 2.13 bits per heavy atom. The van der Waals surface area contributed by atoms with Gasteiger partial charge in [0.15, 0.2) is 0 Å². The summed E-state index contributed by atoms with van der Waals surface area (Å²) in [6.07, 6.45) is 5.45. The first-order chi connectivity index (χ1) is 11.3. The molecule has 1 fully saturated rings. The minimum atomic E-state index is -0.296. The van der Waals surface area contributed by atoms with Crippen LogP contribution >= 0.6 is 0 Å². The van der Waals surface area contributed by atoms with Gasteiger partial charge in [-0.25, -0.2) is 0 Å². The Kier molecular flexibility index (Phi) is 3.36. The van der Waals surface area contributed by atoms with E-state index in [1.807, 2.05) is 54.6 Å². The molecule has 0 bridgehead atoms. The van der Waals surface area contributed by atoms with Gasteiger partial charge in [0.25, 0.3) is 0 Å². The van der Waals surface area contributed by atoms with Gasteiger partial charge >= 0.3 is 0 Å². The highest BCUT2D eigenvalue weighted by molar-refractivity contribution is 5.99. The Bertz CT molecular complexity index is 780. The minimum Gasteiger partial charge on any atom is -0.758 e. The van der Waals surface area contributed by atoms with E-state index in [4.69, 9.17) is 5.41 Å². The van der Waals surface area contributed by atoms with Crippen LogP contribution in [0.5, 0.6) is 0 Å².